The summed E-state index contributed by atoms with van der Waals surface area (Å²) in [5.41, 5.74) is 0.134. The molecule has 96 valence electrons. The van der Waals surface area contributed by atoms with Gasteiger partial charge in [-0.3, -0.25) is 0 Å². The predicted octanol–water partition coefficient (Wildman–Crippen LogP) is 3.14. The minimum absolute atomic E-state index is 0.0175. The van der Waals surface area contributed by atoms with Gasteiger partial charge in [-0.1, -0.05) is 11.6 Å². The van der Waals surface area contributed by atoms with Crippen LogP contribution in [0.25, 0.3) is 0 Å². The quantitative estimate of drug-likeness (QED) is 0.851. The summed E-state index contributed by atoms with van der Waals surface area (Å²) in [6.45, 7) is -1.10. The monoisotopic (exact) mass is 275 g/mol. The molecule has 2 rings (SSSR count). The molecule has 0 N–H and O–H groups in total. The van der Waals surface area contributed by atoms with Gasteiger partial charge in [0.05, 0.1) is 5.56 Å². The van der Waals surface area contributed by atoms with Crippen molar-refractivity contribution in [3.63, 3.8) is 0 Å². The second kappa shape index (κ2) is 4.65. The number of hydrogen-bond acceptors (Lipinski definition) is 3. The Bertz CT molecular complexity index is 491. The second-order valence-corrected chi connectivity index (χ2v) is 4.46. The third-order valence-electron chi connectivity index (χ3n) is 2.60. The Morgan fingerprint density at radius 1 is 1.50 bits per heavy atom. The summed E-state index contributed by atoms with van der Waals surface area (Å²) in [6.07, 6.45) is -1.66. The molecule has 1 aromatic rings. The summed E-state index contributed by atoms with van der Waals surface area (Å²) in [5, 5.41) is 8.79. The SMILES string of the molecule is N#Cc1ccnc(N(CC(F)(F)F)C2CC2)c1Cl. The number of nitrogens with zero attached hydrogens (tertiary/aromatic N) is 3. The van der Waals surface area contributed by atoms with E-state index < -0.39 is 12.7 Å². The molecular weight excluding hydrogens is 267 g/mol. The zero-order valence-corrected chi connectivity index (χ0v) is 9.96. The van der Waals surface area contributed by atoms with Crippen LogP contribution in [0.5, 0.6) is 0 Å². The van der Waals surface area contributed by atoms with Gasteiger partial charge >= 0.3 is 6.18 Å². The van der Waals surface area contributed by atoms with Crippen LogP contribution in [0.1, 0.15) is 18.4 Å². The van der Waals surface area contributed by atoms with Crippen molar-refractivity contribution >= 4 is 17.4 Å². The van der Waals surface area contributed by atoms with Gasteiger partial charge in [-0.15, -0.1) is 0 Å². The minimum atomic E-state index is -4.32. The van der Waals surface area contributed by atoms with Gasteiger partial charge < -0.3 is 4.90 Å². The smallest absolute Gasteiger partial charge is 0.343 e. The van der Waals surface area contributed by atoms with Crippen molar-refractivity contribution in [2.45, 2.75) is 25.1 Å². The molecule has 3 nitrogen and oxygen atoms in total. The van der Waals surface area contributed by atoms with Crippen LogP contribution in [-0.4, -0.2) is 23.7 Å². The van der Waals surface area contributed by atoms with Crippen LogP contribution in [0.3, 0.4) is 0 Å². The van der Waals surface area contributed by atoms with E-state index in [1.807, 2.05) is 6.07 Å². The normalized spacial score (nSPS) is 15.3. The molecule has 0 radical (unpaired) electrons. The Morgan fingerprint density at radius 2 is 2.17 bits per heavy atom. The third kappa shape index (κ3) is 2.85. The molecule has 0 saturated heterocycles. The molecular formula is C11H9ClF3N3. The van der Waals surface area contributed by atoms with Crippen LogP contribution in [-0.2, 0) is 0 Å². The van der Waals surface area contributed by atoms with Crippen molar-refractivity contribution in [1.29, 1.82) is 5.26 Å². The molecule has 7 heteroatoms. The van der Waals surface area contributed by atoms with Crippen LogP contribution in [0.4, 0.5) is 19.0 Å². The lowest BCUT2D eigenvalue weighted by molar-refractivity contribution is -0.120. The first-order valence-corrected chi connectivity index (χ1v) is 5.68. The number of halogens is 4. The van der Waals surface area contributed by atoms with E-state index in [4.69, 9.17) is 16.9 Å². The van der Waals surface area contributed by atoms with Crippen LogP contribution in [0.2, 0.25) is 5.02 Å². The summed E-state index contributed by atoms with van der Waals surface area (Å²) in [5.74, 6) is 0.0375. The minimum Gasteiger partial charge on any atom is -0.343 e. The summed E-state index contributed by atoms with van der Waals surface area (Å²) in [7, 11) is 0. The molecule has 0 atom stereocenters. The molecule has 1 aliphatic rings. The standard InChI is InChI=1S/C11H9ClF3N3/c12-9-7(5-16)3-4-17-10(9)18(8-1-2-8)6-11(13,14)15/h3-4,8H,1-2,6H2. The summed E-state index contributed by atoms with van der Waals surface area (Å²) < 4.78 is 37.5. The number of hydrogen-bond donors (Lipinski definition) is 0. The van der Waals surface area contributed by atoms with E-state index in [0.717, 1.165) is 4.90 Å². The summed E-state index contributed by atoms with van der Waals surface area (Å²) in [4.78, 5) is 5.00. The molecule has 0 unspecified atom stereocenters. The van der Waals surface area contributed by atoms with Crippen molar-refractivity contribution in [1.82, 2.24) is 4.98 Å². The van der Waals surface area contributed by atoms with E-state index >= 15 is 0 Å². The van der Waals surface area contributed by atoms with Gasteiger partial charge in [-0.05, 0) is 18.9 Å². The molecule has 1 fully saturated rings. The first-order chi connectivity index (χ1) is 8.42. The van der Waals surface area contributed by atoms with E-state index in [0.29, 0.717) is 12.8 Å². The summed E-state index contributed by atoms with van der Waals surface area (Å²) >= 11 is 5.91. The fourth-order valence-electron chi connectivity index (χ4n) is 1.68. The highest BCUT2D eigenvalue weighted by Gasteiger charge is 2.39. The van der Waals surface area contributed by atoms with E-state index in [2.05, 4.69) is 4.98 Å². The van der Waals surface area contributed by atoms with Gasteiger partial charge in [-0.2, -0.15) is 18.4 Å². The van der Waals surface area contributed by atoms with Crippen molar-refractivity contribution in [3.05, 3.63) is 22.8 Å². The van der Waals surface area contributed by atoms with Crippen molar-refractivity contribution in [2.75, 3.05) is 11.4 Å². The highest BCUT2D eigenvalue weighted by atomic mass is 35.5. The third-order valence-corrected chi connectivity index (χ3v) is 2.97. The maximum atomic E-state index is 12.5. The Kier molecular flexibility index (Phi) is 3.35. The summed E-state index contributed by atoms with van der Waals surface area (Å²) in [6, 6.07) is 3.02. The Hall–Kier alpha value is -1.48. The van der Waals surface area contributed by atoms with Gasteiger partial charge in [0.1, 0.15) is 23.5 Å². The van der Waals surface area contributed by atoms with Crippen LogP contribution in [0, 0.1) is 11.3 Å². The van der Waals surface area contributed by atoms with Gasteiger partial charge in [-0.25, -0.2) is 4.98 Å². The van der Waals surface area contributed by atoms with Crippen molar-refractivity contribution in [3.8, 4) is 6.07 Å². The highest BCUT2D eigenvalue weighted by Crippen LogP contribution is 2.37. The molecule has 0 aromatic carbocycles. The number of alkyl halides is 3. The maximum Gasteiger partial charge on any atom is 0.405 e. The van der Waals surface area contributed by atoms with Crippen molar-refractivity contribution < 1.29 is 13.2 Å². The van der Waals surface area contributed by atoms with Crippen LogP contribution >= 0.6 is 11.6 Å². The number of pyridine rings is 1. The second-order valence-electron chi connectivity index (χ2n) is 4.08. The predicted molar refractivity (Wildman–Crippen MR) is 60.4 cm³/mol. The lowest BCUT2D eigenvalue weighted by Gasteiger charge is -2.25. The lowest BCUT2D eigenvalue weighted by Crippen LogP contribution is -2.36. The largest absolute Gasteiger partial charge is 0.405 e. The van der Waals surface area contributed by atoms with E-state index in [1.165, 1.54) is 12.3 Å². The number of anilines is 1. The molecule has 0 amide bonds. The van der Waals surface area contributed by atoms with E-state index in [1.54, 1.807) is 0 Å². The zero-order valence-electron chi connectivity index (χ0n) is 9.21. The van der Waals surface area contributed by atoms with Gasteiger partial charge in [0.2, 0.25) is 0 Å². The molecule has 1 heterocycles. The maximum absolute atomic E-state index is 12.5. The number of nitriles is 1. The Labute approximate surface area is 107 Å². The Balaban J connectivity index is 2.35. The average Bonchev–Trinajstić information content (AvgIpc) is 3.09. The molecule has 0 bridgehead atoms. The molecule has 0 aliphatic heterocycles. The molecule has 1 aromatic heterocycles. The number of aromatic nitrogens is 1. The lowest BCUT2D eigenvalue weighted by atomic mass is 10.2. The average molecular weight is 276 g/mol. The molecule has 0 spiro atoms. The van der Waals surface area contributed by atoms with Gasteiger partial charge in [0, 0.05) is 12.2 Å². The fraction of sp³-hybridized carbons (Fsp3) is 0.455. The zero-order chi connectivity index (χ0) is 13.3. The van der Waals surface area contributed by atoms with Crippen LogP contribution < -0.4 is 4.90 Å². The highest BCUT2D eigenvalue weighted by molar-refractivity contribution is 6.34. The van der Waals surface area contributed by atoms with Gasteiger partial charge in [0.15, 0.2) is 0 Å². The van der Waals surface area contributed by atoms with Gasteiger partial charge in [0.25, 0.3) is 0 Å². The van der Waals surface area contributed by atoms with E-state index in [-0.39, 0.29) is 22.4 Å². The Morgan fingerprint density at radius 3 is 2.67 bits per heavy atom. The molecule has 1 saturated carbocycles. The first-order valence-electron chi connectivity index (χ1n) is 5.30. The van der Waals surface area contributed by atoms with Crippen LogP contribution in [0.15, 0.2) is 12.3 Å². The van der Waals surface area contributed by atoms with E-state index in [9.17, 15) is 13.2 Å². The van der Waals surface area contributed by atoms with Crippen molar-refractivity contribution in [2.24, 2.45) is 0 Å². The first kappa shape index (κ1) is 13.0. The number of rotatable bonds is 3. The topological polar surface area (TPSA) is 39.9 Å². The molecule has 18 heavy (non-hydrogen) atoms. The fourth-order valence-corrected chi connectivity index (χ4v) is 1.94. The molecule has 1 aliphatic carbocycles.